The summed E-state index contributed by atoms with van der Waals surface area (Å²) in [5.74, 6) is 2.62. The van der Waals surface area contributed by atoms with Gasteiger partial charge in [-0.05, 0) is 43.7 Å². The van der Waals surface area contributed by atoms with E-state index in [0.29, 0.717) is 6.61 Å². The van der Waals surface area contributed by atoms with Crippen molar-refractivity contribution in [2.75, 3.05) is 6.61 Å². The molecule has 0 aliphatic carbocycles. The second kappa shape index (κ2) is 7.53. The van der Waals surface area contributed by atoms with E-state index < -0.39 is 0 Å². The van der Waals surface area contributed by atoms with Crippen LogP contribution in [0.4, 0.5) is 0 Å². The van der Waals surface area contributed by atoms with Crippen LogP contribution in [0.2, 0.25) is 0 Å². The lowest BCUT2D eigenvalue weighted by Crippen LogP contribution is -1.96. The Kier molecular flexibility index (Phi) is 5.20. The van der Waals surface area contributed by atoms with Gasteiger partial charge in [0.25, 0.3) is 0 Å². The molecule has 0 amide bonds. The van der Waals surface area contributed by atoms with Gasteiger partial charge in [-0.25, -0.2) is 0 Å². The van der Waals surface area contributed by atoms with Gasteiger partial charge in [0.1, 0.15) is 5.75 Å². The van der Waals surface area contributed by atoms with Crippen LogP contribution in [0.1, 0.15) is 18.1 Å². The third-order valence-electron chi connectivity index (χ3n) is 3.71. The summed E-state index contributed by atoms with van der Waals surface area (Å²) in [5, 5.41) is 9.59. The number of aromatic nitrogens is 3. The molecule has 3 aromatic rings. The van der Waals surface area contributed by atoms with Crippen LogP contribution in [-0.2, 0) is 12.8 Å². The summed E-state index contributed by atoms with van der Waals surface area (Å²) in [6.07, 6.45) is 0. The van der Waals surface area contributed by atoms with Gasteiger partial charge in [-0.15, -0.1) is 10.2 Å². The van der Waals surface area contributed by atoms with E-state index in [1.54, 1.807) is 11.8 Å². The SMILES string of the molecule is CCOc1ccc(-c2nnc(SCc3cccc(C)c3)n2C)cc1. The zero-order valence-corrected chi connectivity index (χ0v) is 15.0. The van der Waals surface area contributed by atoms with E-state index in [0.717, 1.165) is 28.0 Å². The lowest BCUT2D eigenvalue weighted by atomic mass is 10.2. The predicted octanol–water partition coefficient (Wildman–Crippen LogP) is 4.48. The average Bonchev–Trinajstić information content (AvgIpc) is 2.95. The highest BCUT2D eigenvalue weighted by molar-refractivity contribution is 7.98. The van der Waals surface area contributed by atoms with Crippen molar-refractivity contribution in [2.45, 2.75) is 24.8 Å². The molecule has 1 heterocycles. The molecule has 2 aromatic carbocycles. The quantitative estimate of drug-likeness (QED) is 0.621. The second-order valence-electron chi connectivity index (χ2n) is 5.60. The molecule has 24 heavy (non-hydrogen) atoms. The van der Waals surface area contributed by atoms with Crippen molar-refractivity contribution < 1.29 is 4.74 Å². The van der Waals surface area contributed by atoms with Crippen molar-refractivity contribution in [1.82, 2.24) is 14.8 Å². The largest absolute Gasteiger partial charge is 0.494 e. The minimum absolute atomic E-state index is 0.670. The van der Waals surface area contributed by atoms with Crippen molar-refractivity contribution >= 4 is 11.8 Å². The van der Waals surface area contributed by atoms with E-state index in [9.17, 15) is 0 Å². The first-order valence-corrected chi connectivity index (χ1v) is 8.97. The molecule has 0 spiro atoms. The molecule has 0 saturated carbocycles. The fourth-order valence-electron chi connectivity index (χ4n) is 2.51. The maximum absolute atomic E-state index is 5.48. The number of aryl methyl sites for hydroxylation is 1. The van der Waals surface area contributed by atoms with Gasteiger partial charge in [0, 0.05) is 18.4 Å². The summed E-state index contributed by atoms with van der Waals surface area (Å²) in [7, 11) is 2.00. The van der Waals surface area contributed by atoms with Crippen molar-refractivity contribution in [2.24, 2.45) is 7.05 Å². The number of nitrogens with zero attached hydrogens (tertiary/aromatic N) is 3. The topological polar surface area (TPSA) is 39.9 Å². The molecular weight excluding hydrogens is 318 g/mol. The molecule has 124 valence electrons. The Labute approximate surface area is 146 Å². The van der Waals surface area contributed by atoms with Crippen LogP contribution < -0.4 is 4.74 Å². The monoisotopic (exact) mass is 339 g/mol. The highest BCUT2D eigenvalue weighted by Gasteiger charge is 2.11. The molecule has 0 N–H and O–H groups in total. The van der Waals surface area contributed by atoms with Crippen LogP contribution in [0.15, 0.2) is 53.7 Å². The van der Waals surface area contributed by atoms with E-state index >= 15 is 0 Å². The van der Waals surface area contributed by atoms with Gasteiger partial charge in [-0.2, -0.15) is 0 Å². The molecule has 5 heteroatoms. The minimum atomic E-state index is 0.670. The zero-order chi connectivity index (χ0) is 16.9. The maximum atomic E-state index is 5.48. The van der Waals surface area contributed by atoms with E-state index in [1.165, 1.54) is 11.1 Å². The summed E-state index contributed by atoms with van der Waals surface area (Å²) in [6.45, 7) is 4.76. The minimum Gasteiger partial charge on any atom is -0.494 e. The van der Waals surface area contributed by atoms with Crippen LogP contribution in [-0.4, -0.2) is 21.4 Å². The number of hydrogen-bond donors (Lipinski definition) is 0. The van der Waals surface area contributed by atoms with Crippen molar-refractivity contribution in [3.63, 3.8) is 0 Å². The smallest absolute Gasteiger partial charge is 0.191 e. The number of benzene rings is 2. The first-order chi connectivity index (χ1) is 11.7. The van der Waals surface area contributed by atoms with Crippen LogP contribution in [0.5, 0.6) is 5.75 Å². The van der Waals surface area contributed by atoms with Gasteiger partial charge in [0.15, 0.2) is 11.0 Å². The number of hydrogen-bond acceptors (Lipinski definition) is 4. The Bertz CT molecular complexity index is 812. The van der Waals surface area contributed by atoms with Gasteiger partial charge in [0.05, 0.1) is 6.61 Å². The Morgan fingerprint density at radius 2 is 1.88 bits per heavy atom. The average molecular weight is 339 g/mol. The van der Waals surface area contributed by atoms with Gasteiger partial charge in [0.2, 0.25) is 0 Å². The fourth-order valence-corrected chi connectivity index (χ4v) is 3.36. The third-order valence-corrected chi connectivity index (χ3v) is 4.80. The molecule has 3 rings (SSSR count). The summed E-state index contributed by atoms with van der Waals surface area (Å²) in [5.41, 5.74) is 3.61. The van der Waals surface area contributed by atoms with E-state index in [2.05, 4.69) is 41.4 Å². The Morgan fingerprint density at radius 1 is 1.08 bits per heavy atom. The van der Waals surface area contributed by atoms with Gasteiger partial charge in [-0.3, -0.25) is 0 Å². The summed E-state index contributed by atoms with van der Waals surface area (Å²) in [4.78, 5) is 0. The molecule has 0 saturated heterocycles. The molecule has 0 aliphatic rings. The van der Waals surface area contributed by atoms with Gasteiger partial charge >= 0.3 is 0 Å². The molecule has 0 aliphatic heterocycles. The highest BCUT2D eigenvalue weighted by atomic mass is 32.2. The van der Waals surface area contributed by atoms with Crippen LogP contribution in [0.25, 0.3) is 11.4 Å². The van der Waals surface area contributed by atoms with Gasteiger partial charge < -0.3 is 9.30 Å². The standard InChI is InChI=1S/C19H21N3OS/c1-4-23-17-10-8-16(9-11-17)18-20-21-19(22(18)3)24-13-15-7-5-6-14(2)12-15/h5-12H,4,13H2,1-3H3. The molecule has 0 bridgehead atoms. The lowest BCUT2D eigenvalue weighted by molar-refractivity contribution is 0.340. The molecule has 1 aromatic heterocycles. The van der Waals surface area contributed by atoms with Crippen molar-refractivity contribution in [3.8, 4) is 17.1 Å². The zero-order valence-electron chi connectivity index (χ0n) is 14.2. The first kappa shape index (κ1) is 16.6. The Morgan fingerprint density at radius 3 is 2.58 bits per heavy atom. The van der Waals surface area contributed by atoms with Crippen LogP contribution in [0, 0.1) is 6.92 Å². The highest BCUT2D eigenvalue weighted by Crippen LogP contribution is 2.26. The number of rotatable bonds is 6. The molecular formula is C19H21N3OS. The number of ether oxygens (including phenoxy) is 1. The van der Waals surface area contributed by atoms with Crippen molar-refractivity contribution in [3.05, 3.63) is 59.7 Å². The second-order valence-corrected chi connectivity index (χ2v) is 6.54. The molecule has 4 nitrogen and oxygen atoms in total. The summed E-state index contributed by atoms with van der Waals surface area (Å²) < 4.78 is 7.52. The molecule has 0 unspecified atom stereocenters. The summed E-state index contributed by atoms with van der Waals surface area (Å²) in [6, 6.07) is 16.5. The Hall–Kier alpha value is -2.27. The third kappa shape index (κ3) is 3.79. The molecule has 0 fully saturated rings. The van der Waals surface area contributed by atoms with Crippen LogP contribution in [0.3, 0.4) is 0 Å². The maximum Gasteiger partial charge on any atom is 0.191 e. The number of thioether (sulfide) groups is 1. The molecule has 0 atom stereocenters. The first-order valence-electron chi connectivity index (χ1n) is 7.98. The van der Waals surface area contributed by atoms with Gasteiger partial charge in [-0.1, -0.05) is 41.6 Å². The van der Waals surface area contributed by atoms with Crippen LogP contribution >= 0.6 is 11.8 Å². The normalized spacial score (nSPS) is 10.8. The fraction of sp³-hybridized carbons (Fsp3) is 0.263. The predicted molar refractivity (Wildman–Crippen MR) is 98.3 cm³/mol. The van der Waals surface area contributed by atoms with E-state index in [-0.39, 0.29) is 0 Å². The molecule has 0 radical (unpaired) electrons. The van der Waals surface area contributed by atoms with Crippen molar-refractivity contribution in [1.29, 1.82) is 0 Å². The van der Waals surface area contributed by atoms with E-state index in [4.69, 9.17) is 4.74 Å². The summed E-state index contributed by atoms with van der Waals surface area (Å²) >= 11 is 1.70. The van der Waals surface area contributed by atoms with E-state index in [1.807, 2.05) is 42.8 Å². The lowest BCUT2D eigenvalue weighted by Gasteiger charge is -2.06. The Balaban J connectivity index is 1.73.